The first-order chi connectivity index (χ1) is 17.0. The van der Waals surface area contributed by atoms with Gasteiger partial charge in [0.1, 0.15) is 11.5 Å². The van der Waals surface area contributed by atoms with E-state index < -0.39 is 17.8 Å². The van der Waals surface area contributed by atoms with Crippen molar-refractivity contribution >= 4 is 35.5 Å². The molecule has 1 aliphatic heterocycles. The number of nitrogens with one attached hydrogen (secondary N) is 2. The number of carbonyl (C=O) groups is 4. The molecule has 0 unspecified atom stereocenters. The van der Waals surface area contributed by atoms with Crippen LogP contribution in [-0.4, -0.2) is 42.2 Å². The second-order valence-corrected chi connectivity index (χ2v) is 9.06. The summed E-state index contributed by atoms with van der Waals surface area (Å²) in [7, 11) is 1.26. The number of allylic oxidation sites excluding steroid dienone is 1. The van der Waals surface area contributed by atoms with Crippen molar-refractivity contribution in [3.63, 3.8) is 0 Å². The van der Waals surface area contributed by atoms with Crippen molar-refractivity contribution in [2.24, 2.45) is 5.92 Å². The van der Waals surface area contributed by atoms with E-state index >= 15 is 0 Å². The fraction of sp³-hybridized carbons (Fsp3) is 0.333. The van der Waals surface area contributed by atoms with Gasteiger partial charge in [0.2, 0.25) is 0 Å². The zero-order valence-corrected chi connectivity index (χ0v) is 21.4. The van der Waals surface area contributed by atoms with E-state index in [4.69, 9.17) is 9.15 Å². The normalized spacial score (nSPS) is 14.6. The number of furan rings is 1. The maximum absolute atomic E-state index is 13.0. The summed E-state index contributed by atoms with van der Waals surface area (Å²) in [6.07, 6.45) is 1.48. The summed E-state index contributed by atoms with van der Waals surface area (Å²) in [5.41, 5.74) is 3.51. The first-order valence-corrected chi connectivity index (χ1v) is 11.6. The van der Waals surface area contributed by atoms with Gasteiger partial charge >= 0.3 is 17.8 Å². The number of nitrogens with zero attached hydrogens (tertiary/aromatic N) is 1. The Balaban J connectivity index is 1.69. The number of rotatable bonds is 7. The molecule has 1 aromatic carbocycles. The van der Waals surface area contributed by atoms with E-state index in [9.17, 15) is 19.2 Å². The van der Waals surface area contributed by atoms with Gasteiger partial charge in [-0.15, -0.1) is 0 Å². The van der Waals surface area contributed by atoms with E-state index in [1.165, 1.54) is 13.2 Å². The molecular formula is C27H31N3O6. The SMILES string of the molecule is COC(=O)C1=C(C)N(CC(C)C)C(=O)/C1=C/c1ccc(CNC(=O)C(=O)Nc2ccc(C)c(C)c2)o1. The highest BCUT2D eigenvalue weighted by Crippen LogP contribution is 2.32. The number of carbonyl (C=O) groups excluding carboxylic acids is 4. The van der Waals surface area contributed by atoms with Crippen LogP contribution in [0.25, 0.3) is 6.08 Å². The third kappa shape index (κ3) is 5.91. The molecule has 3 amide bonds. The second-order valence-electron chi connectivity index (χ2n) is 9.06. The number of esters is 1. The summed E-state index contributed by atoms with van der Waals surface area (Å²) in [6.45, 7) is 9.97. The number of amides is 3. The van der Waals surface area contributed by atoms with Gasteiger partial charge in [-0.1, -0.05) is 19.9 Å². The van der Waals surface area contributed by atoms with Gasteiger partial charge in [-0.25, -0.2) is 4.79 Å². The van der Waals surface area contributed by atoms with Crippen LogP contribution in [0, 0.1) is 19.8 Å². The van der Waals surface area contributed by atoms with E-state index in [-0.39, 0.29) is 29.5 Å². The van der Waals surface area contributed by atoms with Crippen LogP contribution in [0.2, 0.25) is 0 Å². The van der Waals surface area contributed by atoms with E-state index in [0.717, 1.165) is 11.1 Å². The van der Waals surface area contributed by atoms with Crippen molar-refractivity contribution in [3.05, 3.63) is 69.8 Å². The molecule has 1 aliphatic rings. The Labute approximate surface area is 210 Å². The van der Waals surface area contributed by atoms with Gasteiger partial charge < -0.3 is 24.7 Å². The van der Waals surface area contributed by atoms with Crippen molar-refractivity contribution in [2.75, 3.05) is 19.0 Å². The quantitative estimate of drug-likeness (QED) is 0.346. The number of methoxy groups -OCH3 is 1. The molecule has 9 heteroatoms. The monoisotopic (exact) mass is 493 g/mol. The second kappa shape index (κ2) is 11.1. The molecule has 0 bridgehead atoms. The molecule has 9 nitrogen and oxygen atoms in total. The van der Waals surface area contributed by atoms with E-state index in [2.05, 4.69) is 10.6 Å². The Morgan fingerprint density at radius 1 is 1.06 bits per heavy atom. The number of hydrogen-bond acceptors (Lipinski definition) is 6. The Morgan fingerprint density at radius 2 is 1.78 bits per heavy atom. The number of hydrogen-bond donors (Lipinski definition) is 2. The van der Waals surface area contributed by atoms with Crippen molar-refractivity contribution in [3.8, 4) is 0 Å². The van der Waals surface area contributed by atoms with Crippen LogP contribution < -0.4 is 10.6 Å². The molecule has 190 valence electrons. The standard InChI is InChI=1S/C27H31N3O6/c1-15(2)14-30-18(5)23(27(34)35-6)22(26(30)33)12-20-9-10-21(36-20)13-28-24(31)25(32)29-19-8-7-16(3)17(4)11-19/h7-12,15H,13-14H2,1-6H3,(H,28,31)(H,29,32)/b22-12+. The smallest absolute Gasteiger partial charge is 0.340 e. The topological polar surface area (TPSA) is 118 Å². The molecule has 2 aromatic rings. The molecular weight excluding hydrogens is 462 g/mol. The molecule has 0 atom stereocenters. The molecule has 2 heterocycles. The maximum atomic E-state index is 13.0. The predicted molar refractivity (Wildman–Crippen MR) is 134 cm³/mol. The summed E-state index contributed by atoms with van der Waals surface area (Å²) < 4.78 is 10.6. The average molecular weight is 494 g/mol. The third-order valence-electron chi connectivity index (χ3n) is 5.81. The molecule has 0 aliphatic carbocycles. The minimum absolute atomic E-state index is 0.0332. The largest absolute Gasteiger partial charge is 0.465 e. The molecule has 2 N–H and O–H groups in total. The van der Waals surface area contributed by atoms with Crippen molar-refractivity contribution in [1.29, 1.82) is 0 Å². The minimum atomic E-state index is -0.814. The van der Waals surface area contributed by atoms with Crippen LogP contribution in [-0.2, 0) is 30.5 Å². The van der Waals surface area contributed by atoms with Gasteiger partial charge in [0.25, 0.3) is 5.91 Å². The number of ether oxygens (including phenoxy) is 1. The van der Waals surface area contributed by atoms with Gasteiger partial charge in [-0.2, -0.15) is 0 Å². The molecule has 36 heavy (non-hydrogen) atoms. The van der Waals surface area contributed by atoms with Crippen LogP contribution in [0.3, 0.4) is 0 Å². The zero-order chi connectivity index (χ0) is 26.6. The fourth-order valence-corrected chi connectivity index (χ4v) is 3.78. The molecule has 1 aromatic heterocycles. The lowest BCUT2D eigenvalue weighted by atomic mass is 10.1. The molecule has 0 spiro atoms. The van der Waals surface area contributed by atoms with Crippen LogP contribution in [0.15, 0.2) is 51.6 Å². The van der Waals surface area contributed by atoms with Crippen molar-refractivity contribution in [2.45, 2.75) is 41.2 Å². The average Bonchev–Trinajstić information content (AvgIpc) is 3.37. The van der Waals surface area contributed by atoms with Gasteiger partial charge in [0.05, 0.1) is 24.8 Å². The Hall–Kier alpha value is -4.14. The highest BCUT2D eigenvalue weighted by Gasteiger charge is 2.37. The van der Waals surface area contributed by atoms with Gasteiger partial charge in [0.15, 0.2) is 0 Å². The summed E-state index contributed by atoms with van der Waals surface area (Å²) >= 11 is 0. The minimum Gasteiger partial charge on any atom is -0.465 e. The summed E-state index contributed by atoms with van der Waals surface area (Å²) in [6, 6.07) is 8.62. The molecule has 3 rings (SSSR count). The fourth-order valence-electron chi connectivity index (χ4n) is 3.78. The molecule has 0 radical (unpaired) electrons. The molecule has 0 saturated carbocycles. The Bertz CT molecular complexity index is 1270. The van der Waals surface area contributed by atoms with Crippen LogP contribution in [0.4, 0.5) is 5.69 Å². The lowest BCUT2D eigenvalue weighted by molar-refractivity contribution is -0.136. The number of anilines is 1. The highest BCUT2D eigenvalue weighted by molar-refractivity contribution is 6.39. The van der Waals surface area contributed by atoms with Crippen LogP contribution in [0.5, 0.6) is 0 Å². The highest BCUT2D eigenvalue weighted by atomic mass is 16.5. The van der Waals surface area contributed by atoms with Crippen molar-refractivity contribution < 1.29 is 28.3 Å². The first kappa shape index (κ1) is 26.5. The van der Waals surface area contributed by atoms with Gasteiger partial charge in [-0.05, 0) is 68.2 Å². The Kier molecular flexibility index (Phi) is 8.14. The summed E-state index contributed by atoms with van der Waals surface area (Å²) in [5, 5.41) is 5.07. The summed E-state index contributed by atoms with van der Waals surface area (Å²) in [4.78, 5) is 51.4. The van der Waals surface area contributed by atoms with Gasteiger partial charge in [-0.3, -0.25) is 14.4 Å². The van der Waals surface area contributed by atoms with Gasteiger partial charge in [0, 0.05) is 17.9 Å². The van der Waals surface area contributed by atoms with Crippen LogP contribution >= 0.6 is 0 Å². The molecule has 0 fully saturated rings. The van der Waals surface area contributed by atoms with Crippen LogP contribution in [0.1, 0.15) is 43.4 Å². The lowest BCUT2D eigenvalue weighted by Gasteiger charge is -2.19. The maximum Gasteiger partial charge on any atom is 0.340 e. The zero-order valence-electron chi connectivity index (χ0n) is 21.4. The van der Waals surface area contributed by atoms with E-state index in [0.29, 0.717) is 29.4 Å². The molecule has 0 saturated heterocycles. The van der Waals surface area contributed by atoms with E-state index in [1.54, 1.807) is 36.1 Å². The predicted octanol–water partition coefficient (Wildman–Crippen LogP) is 3.48. The Morgan fingerprint density at radius 3 is 2.42 bits per heavy atom. The van der Waals surface area contributed by atoms with E-state index in [1.807, 2.05) is 33.8 Å². The number of aryl methyl sites for hydroxylation is 2. The first-order valence-electron chi connectivity index (χ1n) is 11.6. The third-order valence-corrected chi connectivity index (χ3v) is 5.81. The number of benzene rings is 1. The lowest BCUT2D eigenvalue weighted by Crippen LogP contribution is -2.34. The van der Waals surface area contributed by atoms with Crippen molar-refractivity contribution in [1.82, 2.24) is 10.2 Å². The summed E-state index contributed by atoms with van der Waals surface area (Å²) in [5.74, 6) is -1.62.